The third-order valence-corrected chi connectivity index (χ3v) is 6.53. The summed E-state index contributed by atoms with van der Waals surface area (Å²) in [4.78, 5) is 19.6. The molecule has 4 nitrogen and oxygen atoms in total. The van der Waals surface area contributed by atoms with E-state index < -0.39 is 0 Å². The molecule has 4 rings (SSSR count). The Hall–Kier alpha value is -2.76. The fourth-order valence-electron chi connectivity index (χ4n) is 3.81. The first kappa shape index (κ1) is 20.5. The van der Waals surface area contributed by atoms with Crippen molar-refractivity contribution in [1.29, 1.82) is 0 Å². The van der Waals surface area contributed by atoms with Gasteiger partial charge in [0.15, 0.2) is 0 Å². The van der Waals surface area contributed by atoms with Crippen LogP contribution in [0, 0.1) is 0 Å². The number of fused-ring (bicyclic) bond motifs is 2. The summed E-state index contributed by atoms with van der Waals surface area (Å²) in [6.07, 6.45) is 0.447. The smallest absolute Gasteiger partial charge is 0.221 e. The van der Waals surface area contributed by atoms with E-state index in [-0.39, 0.29) is 11.9 Å². The molecule has 1 aliphatic heterocycles. The molecule has 0 saturated heterocycles. The molecule has 1 heterocycles. The summed E-state index contributed by atoms with van der Waals surface area (Å²) >= 11 is 1.79. The van der Waals surface area contributed by atoms with Crippen molar-refractivity contribution >= 4 is 29.0 Å². The van der Waals surface area contributed by atoms with Gasteiger partial charge >= 0.3 is 0 Å². The molecule has 1 aliphatic rings. The zero-order valence-electron chi connectivity index (χ0n) is 17.4. The second-order valence-electron chi connectivity index (χ2n) is 7.63. The Kier molecular flexibility index (Phi) is 6.41. The second kappa shape index (κ2) is 9.37. The molecule has 3 aromatic carbocycles. The Labute approximate surface area is 182 Å². The van der Waals surface area contributed by atoms with Crippen LogP contribution in [-0.2, 0) is 4.79 Å². The third-order valence-electron chi connectivity index (χ3n) is 5.39. The highest BCUT2D eigenvalue weighted by molar-refractivity contribution is 7.99. The highest BCUT2D eigenvalue weighted by atomic mass is 32.2. The number of hydrogen-bond donors (Lipinski definition) is 1. The summed E-state index contributed by atoms with van der Waals surface area (Å²) in [5.41, 5.74) is 3.55. The van der Waals surface area contributed by atoms with Gasteiger partial charge in [0.05, 0.1) is 17.4 Å². The maximum absolute atomic E-state index is 12.7. The Morgan fingerprint density at radius 2 is 1.47 bits per heavy atom. The maximum atomic E-state index is 12.7. The van der Waals surface area contributed by atoms with Gasteiger partial charge in [-0.15, -0.1) is 0 Å². The van der Waals surface area contributed by atoms with Crippen LogP contribution in [0.3, 0.4) is 0 Å². The van der Waals surface area contributed by atoms with Crippen molar-refractivity contribution < 1.29 is 4.79 Å². The predicted molar refractivity (Wildman–Crippen MR) is 125 cm³/mol. The Morgan fingerprint density at radius 1 is 0.900 bits per heavy atom. The van der Waals surface area contributed by atoms with E-state index in [0.717, 1.165) is 0 Å². The van der Waals surface area contributed by atoms with E-state index >= 15 is 0 Å². The molecule has 0 spiro atoms. The molecule has 1 amide bonds. The van der Waals surface area contributed by atoms with E-state index in [0.29, 0.717) is 19.5 Å². The molecule has 5 heteroatoms. The van der Waals surface area contributed by atoms with Crippen LogP contribution in [0.2, 0.25) is 0 Å². The predicted octanol–water partition coefficient (Wildman–Crippen LogP) is 5.10. The van der Waals surface area contributed by atoms with Crippen molar-refractivity contribution in [3.8, 4) is 0 Å². The fourth-order valence-corrected chi connectivity index (χ4v) is 4.90. The molecule has 3 aromatic rings. The molecular weight excluding hydrogens is 390 g/mol. The second-order valence-corrected chi connectivity index (χ2v) is 8.72. The summed E-state index contributed by atoms with van der Waals surface area (Å²) in [7, 11) is 4.09. The molecule has 30 heavy (non-hydrogen) atoms. The lowest BCUT2D eigenvalue weighted by atomic mass is 10.1. The highest BCUT2D eigenvalue weighted by Gasteiger charge is 2.23. The molecule has 1 N–H and O–H groups in total. The van der Waals surface area contributed by atoms with Crippen molar-refractivity contribution in [2.45, 2.75) is 22.3 Å². The Bertz CT molecular complexity index is 961. The van der Waals surface area contributed by atoms with Crippen LogP contribution in [0.25, 0.3) is 0 Å². The zero-order chi connectivity index (χ0) is 20.9. The number of amides is 1. The van der Waals surface area contributed by atoms with Gasteiger partial charge in [-0.3, -0.25) is 4.79 Å². The average Bonchev–Trinajstić information content (AvgIpc) is 2.77. The minimum Gasteiger partial charge on any atom is -0.354 e. The van der Waals surface area contributed by atoms with Gasteiger partial charge in [-0.1, -0.05) is 66.4 Å². The number of carbonyl (C=O) groups excluding carboxylic acids is 1. The molecular formula is C25H27N3OS. The third kappa shape index (κ3) is 4.53. The average molecular weight is 418 g/mol. The summed E-state index contributed by atoms with van der Waals surface area (Å²) in [5.74, 6) is 0.0750. The van der Waals surface area contributed by atoms with Crippen molar-refractivity contribution in [2.24, 2.45) is 0 Å². The van der Waals surface area contributed by atoms with Crippen molar-refractivity contribution in [1.82, 2.24) is 10.2 Å². The fraction of sp³-hybridized carbons (Fsp3) is 0.240. The van der Waals surface area contributed by atoms with Crippen LogP contribution < -0.4 is 10.2 Å². The molecule has 0 aliphatic carbocycles. The monoisotopic (exact) mass is 417 g/mol. The number of rotatable bonds is 7. The van der Waals surface area contributed by atoms with E-state index in [1.807, 2.05) is 32.3 Å². The summed E-state index contributed by atoms with van der Waals surface area (Å²) in [6, 6.07) is 27.3. The van der Waals surface area contributed by atoms with Crippen LogP contribution in [0.1, 0.15) is 18.0 Å². The van der Waals surface area contributed by atoms with Crippen LogP contribution in [-0.4, -0.2) is 38.0 Å². The van der Waals surface area contributed by atoms with Gasteiger partial charge in [0.2, 0.25) is 5.91 Å². The standard InChI is InChI=1S/C25H27N3OS/c1-27(2)22(19-10-4-3-5-11-19)18-26-25(29)16-17-28-20-12-6-8-14-23(20)30-24-15-9-7-13-21(24)28/h3-15,22H,16-18H2,1-2H3,(H,26,29)/t22-/m1/s1. The number of anilines is 2. The van der Waals surface area contributed by atoms with Gasteiger partial charge in [0, 0.05) is 29.3 Å². The Morgan fingerprint density at radius 3 is 2.07 bits per heavy atom. The van der Waals surface area contributed by atoms with Gasteiger partial charge in [-0.05, 0) is 43.9 Å². The van der Waals surface area contributed by atoms with E-state index in [4.69, 9.17) is 0 Å². The molecule has 0 saturated carbocycles. The normalized spacial score (nSPS) is 13.5. The van der Waals surface area contributed by atoms with Gasteiger partial charge in [0.1, 0.15) is 0 Å². The number of nitrogens with one attached hydrogen (secondary N) is 1. The van der Waals surface area contributed by atoms with Gasteiger partial charge in [0.25, 0.3) is 0 Å². The maximum Gasteiger partial charge on any atom is 0.221 e. The van der Waals surface area contributed by atoms with Crippen LogP contribution in [0.15, 0.2) is 88.7 Å². The number of benzene rings is 3. The van der Waals surface area contributed by atoms with Gasteiger partial charge in [-0.25, -0.2) is 0 Å². The number of likely N-dealkylation sites (N-methyl/N-ethyl adjacent to an activating group) is 1. The molecule has 0 aromatic heterocycles. The quantitative estimate of drug-likeness (QED) is 0.580. The van der Waals surface area contributed by atoms with E-state index in [1.54, 1.807) is 11.8 Å². The number of hydrogen-bond acceptors (Lipinski definition) is 4. The number of para-hydroxylation sites is 2. The topological polar surface area (TPSA) is 35.6 Å². The molecule has 0 fully saturated rings. The lowest BCUT2D eigenvalue weighted by Crippen LogP contribution is -2.36. The van der Waals surface area contributed by atoms with Gasteiger partial charge < -0.3 is 15.1 Å². The van der Waals surface area contributed by atoms with Crippen molar-refractivity contribution in [3.63, 3.8) is 0 Å². The minimum atomic E-state index is 0.0750. The number of nitrogens with zero attached hydrogens (tertiary/aromatic N) is 2. The largest absolute Gasteiger partial charge is 0.354 e. The van der Waals surface area contributed by atoms with Crippen molar-refractivity contribution in [2.75, 3.05) is 32.1 Å². The zero-order valence-corrected chi connectivity index (χ0v) is 18.2. The Balaban J connectivity index is 1.42. The highest BCUT2D eigenvalue weighted by Crippen LogP contribution is 2.47. The summed E-state index contributed by atoms with van der Waals surface area (Å²) < 4.78 is 0. The molecule has 0 bridgehead atoms. The number of carbonyl (C=O) groups is 1. The lowest BCUT2D eigenvalue weighted by Gasteiger charge is -2.32. The SMILES string of the molecule is CN(C)[C@H](CNC(=O)CCN1c2ccccc2Sc2ccccc21)c1ccccc1. The molecule has 154 valence electrons. The first-order valence-corrected chi connectivity index (χ1v) is 11.1. The van der Waals surface area contributed by atoms with Crippen LogP contribution >= 0.6 is 11.8 Å². The first-order chi connectivity index (χ1) is 14.6. The van der Waals surface area contributed by atoms with Crippen molar-refractivity contribution in [3.05, 3.63) is 84.4 Å². The lowest BCUT2D eigenvalue weighted by molar-refractivity contribution is -0.121. The van der Waals surface area contributed by atoms with Crippen LogP contribution in [0.5, 0.6) is 0 Å². The molecule has 0 radical (unpaired) electrons. The van der Waals surface area contributed by atoms with E-state index in [9.17, 15) is 4.79 Å². The summed E-state index contributed by atoms with van der Waals surface area (Å²) in [6.45, 7) is 1.25. The van der Waals surface area contributed by atoms with E-state index in [2.05, 4.69) is 75.8 Å². The van der Waals surface area contributed by atoms with E-state index in [1.165, 1.54) is 26.7 Å². The molecule has 0 unspecified atom stereocenters. The first-order valence-electron chi connectivity index (χ1n) is 10.2. The van der Waals surface area contributed by atoms with Crippen LogP contribution in [0.4, 0.5) is 11.4 Å². The molecule has 1 atom stereocenters. The van der Waals surface area contributed by atoms with Gasteiger partial charge in [-0.2, -0.15) is 0 Å². The minimum absolute atomic E-state index is 0.0750. The summed E-state index contributed by atoms with van der Waals surface area (Å²) in [5, 5.41) is 3.14.